The molecule has 0 amide bonds. The van der Waals surface area contributed by atoms with E-state index in [0.717, 1.165) is 5.56 Å². The number of fused-ring (bicyclic) bond motifs is 3. The fourth-order valence-corrected chi connectivity index (χ4v) is 6.25. The smallest absolute Gasteiger partial charge is 0.310 e. The van der Waals surface area contributed by atoms with E-state index in [1.165, 1.54) is 13.8 Å². The van der Waals surface area contributed by atoms with Crippen molar-refractivity contribution in [1.82, 2.24) is 0 Å². The second-order valence-corrected chi connectivity index (χ2v) is 10.3. The van der Waals surface area contributed by atoms with Crippen molar-refractivity contribution >= 4 is 36.6 Å². The van der Waals surface area contributed by atoms with Crippen LogP contribution in [0, 0.1) is 5.92 Å². The number of carbonyl (C=O) groups excluding carboxylic acids is 4. The van der Waals surface area contributed by atoms with E-state index in [2.05, 4.69) is 0 Å². The number of carbonyl (C=O) groups is 4. The van der Waals surface area contributed by atoms with Gasteiger partial charge < -0.3 is 23.5 Å². The van der Waals surface area contributed by atoms with Crippen molar-refractivity contribution in [3.8, 4) is 16.9 Å². The van der Waals surface area contributed by atoms with Crippen LogP contribution < -0.4 is 9.83 Å². The molecule has 36 heavy (non-hydrogen) atoms. The van der Waals surface area contributed by atoms with E-state index in [1.807, 2.05) is 24.3 Å². The summed E-state index contributed by atoms with van der Waals surface area (Å²) >= 11 is 0. The van der Waals surface area contributed by atoms with E-state index in [1.54, 1.807) is 24.3 Å². The third-order valence-electron chi connectivity index (χ3n) is 5.19. The summed E-state index contributed by atoms with van der Waals surface area (Å²) in [4.78, 5) is 47.2. The zero-order valence-electron chi connectivity index (χ0n) is 20.0. The van der Waals surface area contributed by atoms with Crippen molar-refractivity contribution < 1.29 is 47.2 Å². The minimum atomic E-state index is -3.66. The van der Waals surface area contributed by atoms with Crippen molar-refractivity contribution in [3.63, 3.8) is 0 Å². The van der Waals surface area contributed by atoms with Gasteiger partial charge in [0.15, 0.2) is 0 Å². The Morgan fingerprint density at radius 2 is 1.33 bits per heavy atom. The molecule has 3 rings (SSSR count). The van der Waals surface area contributed by atoms with Crippen LogP contribution >= 0.6 is 7.37 Å². The molecule has 1 heterocycles. The Balaban J connectivity index is 1.79. The normalized spacial score (nSPS) is 16.4. The highest BCUT2D eigenvalue weighted by Crippen LogP contribution is 2.55. The third kappa shape index (κ3) is 7.18. The largest absolute Gasteiger partial charge is 0.462 e. The van der Waals surface area contributed by atoms with Crippen molar-refractivity contribution in [2.24, 2.45) is 5.92 Å². The molecule has 0 fully saturated rings. The monoisotopic (exact) mass is 518 g/mol. The molecule has 2 aromatic rings. The molecule has 0 aliphatic carbocycles. The summed E-state index contributed by atoms with van der Waals surface area (Å²) in [7, 11) is -3.66. The topological polar surface area (TPSA) is 132 Å². The molecular formula is C25H27O10P. The van der Waals surface area contributed by atoms with E-state index in [-0.39, 0.29) is 32.6 Å². The van der Waals surface area contributed by atoms with E-state index in [0.29, 0.717) is 16.6 Å². The fourth-order valence-electron chi connectivity index (χ4n) is 3.67. The molecule has 192 valence electrons. The van der Waals surface area contributed by atoms with Crippen molar-refractivity contribution in [2.75, 3.05) is 32.6 Å². The lowest BCUT2D eigenvalue weighted by Crippen LogP contribution is -2.30. The second-order valence-electron chi connectivity index (χ2n) is 7.93. The molecule has 1 aliphatic rings. The van der Waals surface area contributed by atoms with Crippen LogP contribution in [0.2, 0.25) is 0 Å². The van der Waals surface area contributed by atoms with Crippen LogP contribution in [0.25, 0.3) is 11.1 Å². The predicted molar refractivity (Wildman–Crippen MR) is 128 cm³/mol. The Kier molecular flexibility index (Phi) is 9.25. The first-order chi connectivity index (χ1) is 17.2. The van der Waals surface area contributed by atoms with Crippen LogP contribution in [-0.2, 0) is 42.7 Å². The zero-order valence-corrected chi connectivity index (χ0v) is 20.9. The Hall–Kier alpha value is -3.65. The van der Waals surface area contributed by atoms with Gasteiger partial charge in [-0.3, -0.25) is 23.7 Å². The van der Waals surface area contributed by atoms with E-state index < -0.39 is 43.6 Å². The first kappa shape index (κ1) is 26.9. The van der Waals surface area contributed by atoms with Crippen molar-refractivity contribution in [3.05, 3.63) is 48.5 Å². The van der Waals surface area contributed by atoms with Gasteiger partial charge in [0.25, 0.3) is 7.37 Å². The van der Waals surface area contributed by atoms with Gasteiger partial charge in [0, 0.05) is 19.4 Å². The highest BCUT2D eigenvalue weighted by molar-refractivity contribution is 7.67. The Morgan fingerprint density at radius 1 is 0.778 bits per heavy atom. The molecule has 0 radical (unpaired) electrons. The molecule has 0 aromatic heterocycles. The second kappa shape index (κ2) is 12.4. The predicted octanol–water partition coefficient (Wildman–Crippen LogP) is 2.87. The number of benzene rings is 2. The minimum absolute atomic E-state index is 0.135. The third-order valence-corrected chi connectivity index (χ3v) is 7.72. The van der Waals surface area contributed by atoms with E-state index in [4.69, 9.17) is 23.5 Å². The summed E-state index contributed by atoms with van der Waals surface area (Å²) in [6, 6.07) is 14.1. The van der Waals surface area contributed by atoms with E-state index in [9.17, 15) is 23.7 Å². The van der Waals surface area contributed by atoms with Gasteiger partial charge in [0.05, 0.1) is 23.8 Å². The molecule has 0 spiro atoms. The molecular weight excluding hydrogens is 491 g/mol. The molecule has 2 atom stereocenters. The Morgan fingerprint density at radius 3 is 2.00 bits per heavy atom. The number of esters is 4. The molecule has 2 unspecified atom stereocenters. The van der Waals surface area contributed by atoms with Crippen LogP contribution in [0.5, 0.6) is 5.75 Å². The zero-order chi connectivity index (χ0) is 26.1. The molecule has 0 N–H and O–H groups in total. The summed E-state index contributed by atoms with van der Waals surface area (Å²) in [6.07, 6.45) is -0.757. The van der Waals surface area contributed by atoms with Gasteiger partial charge in [0.2, 0.25) is 0 Å². The summed E-state index contributed by atoms with van der Waals surface area (Å²) in [5.41, 5.74) is 1.48. The fraction of sp³-hybridized carbons (Fsp3) is 0.360. The van der Waals surface area contributed by atoms with Gasteiger partial charge in [-0.2, -0.15) is 0 Å². The molecule has 10 nitrogen and oxygen atoms in total. The SMILES string of the molecule is CC(=O)OCCOC(=O)CC(CP1(=O)Oc2ccccc2-c2ccccc21)C(=O)OCCOC(C)=O. The Bertz CT molecular complexity index is 1170. The van der Waals surface area contributed by atoms with Gasteiger partial charge >= 0.3 is 23.9 Å². The quantitative estimate of drug-likeness (QED) is 0.189. The lowest BCUT2D eigenvalue weighted by atomic mass is 10.0. The number of hydrogen-bond acceptors (Lipinski definition) is 10. The van der Waals surface area contributed by atoms with Gasteiger partial charge in [-0.05, 0) is 17.7 Å². The van der Waals surface area contributed by atoms with Gasteiger partial charge in [0.1, 0.15) is 32.2 Å². The Labute approximate surface area is 208 Å². The van der Waals surface area contributed by atoms with Crippen LogP contribution in [0.4, 0.5) is 0 Å². The number of hydrogen-bond donors (Lipinski definition) is 0. The lowest BCUT2D eigenvalue weighted by molar-refractivity contribution is -0.158. The molecule has 0 bridgehead atoms. The summed E-state index contributed by atoms with van der Waals surface area (Å²) in [5.74, 6) is -3.39. The molecule has 0 saturated heterocycles. The standard InChI is InChI=1S/C25H27O10P/c1-17(26)31-11-13-33-24(28)15-19(25(29)34-14-12-32-18(2)27)16-36(30)23-10-6-4-8-21(23)20-7-3-5-9-22(20)35-36/h3-10,19H,11-16H2,1-2H3. The van der Waals surface area contributed by atoms with Crippen molar-refractivity contribution in [1.29, 1.82) is 0 Å². The number of rotatable bonds is 11. The molecule has 1 aliphatic heterocycles. The molecule has 11 heteroatoms. The minimum Gasteiger partial charge on any atom is -0.462 e. The van der Waals surface area contributed by atoms with Crippen LogP contribution in [0.15, 0.2) is 48.5 Å². The maximum Gasteiger partial charge on any atom is 0.310 e. The first-order valence-electron chi connectivity index (χ1n) is 11.3. The summed E-state index contributed by atoms with van der Waals surface area (Å²) in [5, 5.41) is 0.435. The molecule has 2 aromatic carbocycles. The molecule has 0 saturated carbocycles. The van der Waals surface area contributed by atoms with Crippen LogP contribution in [0.1, 0.15) is 20.3 Å². The van der Waals surface area contributed by atoms with Crippen molar-refractivity contribution in [2.45, 2.75) is 20.3 Å². The van der Waals surface area contributed by atoms with Gasteiger partial charge in [-0.1, -0.05) is 36.4 Å². The number of para-hydroxylation sites is 1. The maximum absolute atomic E-state index is 14.2. The van der Waals surface area contributed by atoms with Gasteiger partial charge in [-0.15, -0.1) is 0 Å². The highest BCUT2D eigenvalue weighted by atomic mass is 31.2. The maximum atomic E-state index is 14.2. The average Bonchev–Trinajstić information content (AvgIpc) is 2.84. The van der Waals surface area contributed by atoms with Gasteiger partial charge in [-0.25, -0.2) is 0 Å². The first-order valence-corrected chi connectivity index (χ1v) is 13.1. The van der Waals surface area contributed by atoms with E-state index >= 15 is 0 Å². The number of ether oxygens (including phenoxy) is 4. The van der Waals surface area contributed by atoms with Crippen LogP contribution in [-0.4, -0.2) is 56.5 Å². The summed E-state index contributed by atoms with van der Waals surface area (Å²) < 4.78 is 39.9. The lowest BCUT2D eigenvalue weighted by Gasteiger charge is -2.30. The average molecular weight is 518 g/mol. The van der Waals surface area contributed by atoms with Crippen LogP contribution in [0.3, 0.4) is 0 Å². The highest BCUT2D eigenvalue weighted by Gasteiger charge is 2.41. The summed E-state index contributed by atoms with van der Waals surface area (Å²) in [6.45, 7) is 1.71.